The smallest absolute Gasteiger partial charge is 0.287 e. The van der Waals surface area contributed by atoms with Gasteiger partial charge < -0.3 is 14.8 Å². The van der Waals surface area contributed by atoms with Gasteiger partial charge in [-0.2, -0.15) is 0 Å². The van der Waals surface area contributed by atoms with E-state index in [1.807, 2.05) is 0 Å². The van der Waals surface area contributed by atoms with E-state index in [0.29, 0.717) is 11.1 Å². The number of hydrogen-bond acceptors (Lipinski definition) is 3. The van der Waals surface area contributed by atoms with Crippen molar-refractivity contribution >= 4 is 5.91 Å². The maximum Gasteiger partial charge on any atom is 0.287 e. The zero-order chi connectivity index (χ0) is 13.8. The van der Waals surface area contributed by atoms with Gasteiger partial charge in [-0.05, 0) is 30.7 Å². The number of nitrogens with one attached hydrogen (secondary N) is 1. The SMILES string of the molecule is CC(O)CNC(=O)c1occc1-c1ccc(F)cc1. The summed E-state index contributed by atoms with van der Waals surface area (Å²) in [4.78, 5) is 11.9. The van der Waals surface area contributed by atoms with Crippen LogP contribution in [0.15, 0.2) is 41.0 Å². The van der Waals surface area contributed by atoms with Gasteiger partial charge in [0.05, 0.1) is 12.4 Å². The van der Waals surface area contributed by atoms with Gasteiger partial charge in [0.2, 0.25) is 0 Å². The molecule has 2 aromatic rings. The number of benzene rings is 1. The van der Waals surface area contributed by atoms with E-state index in [4.69, 9.17) is 9.52 Å². The zero-order valence-electron chi connectivity index (χ0n) is 10.4. The fraction of sp³-hybridized carbons (Fsp3) is 0.214. The third-order valence-electron chi connectivity index (χ3n) is 2.58. The van der Waals surface area contributed by atoms with Crippen LogP contribution >= 0.6 is 0 Å². The quantitative estimate of drug-likeness (QED) is 0.888. The van der Waals surface area contributed by atoms with E-state index in [0.717, 1.165) is 0 Å². The van der Waals surface area contributed by atoms with Gasteiger partial charge >= 0.3 is 0 Å². The van der Waals surface area contributed by atoms with Crippen LogP contribution in [0.4, 0.5) is 4.39 Å². The molecule has 2 N–H and O–H groups in total. The van der Waals surface area contributed by atoms with Crippen molar-refractivity contribution in [3.63, 3.8) is 0 Å². The van der Waals surface area contributed by atoms with Gasteiger partial charge in [0.25, 0.3) is 5.91 Å². The largest absolute Gasteiger partial charge is 0.459 e. The second-order valence-electron chi connectivity index (χ2n) is 4.23. The average Bonchev–Trinajstić information content (AvgIpc) is 2.86. The Labute approximate surface area is 109 Å². The number of halogens is 1. The highest BCUT2D eigenvalue weighted by molar-refractivity contribution is 5.98. The summed E-state index contributed by atoms with van der Waals surface area (Å²) in [5, 5.41) is 11.7. The van der Waals surface area contributed by atoms with E-state index >= 15 is 0 Å². The molecule has 5 heteroatoms. The normalized spacial score (nSPS) is 12.2. The highest BCUT2D eigenvalue weighted by Gasteiger charge is 2.16. The maximum absolute atomic E-state index is 12.9. The lowest BCUT2D eigenvalue weighted by atomic mass is 10.1. The Morgan fingerprint density at radius 2 is 2.05 bits per heavy atom. The molecule has 2 rings (SSSR count). The molecule has 1 heterocycles. The third kappa shape index (κ3) is 3.20. The van der Waals surface area contributed by atoms with Crippen LogP contribution in [0.5, 0.6) is 0 Å². The predicted molar refractivity (Wildman–Crippen MR) is 68.1 cm³/mol. The van der Waals surface area contributed by atoms with Crippen molar-refractivity contribution in [3.8, 4) is 11.1 Å². The van der Waals surface area contributed by atoms with Gasteiger partial charge in [0.1, 0.15) is 5.82 Å². The number of carbonyl (C=O) groups excluding carboxylic acids is 1. The van der Waals surface area contributed by atoms with E-state index in [2.05, 4.69) is 5.32 Å². The Kier molecular flexibility index (Phi) is 3.97. The summed E-state index contributed by atoms with van der Waals surface area (Å²) in [6, 6.07) is 7.43. The average molecular weight is 263 g/mol. The molecule has 0 aliphatic rings. The molecule has 0 aliphatic heterocycles. The molecular formula is C14H14FNO3. The van der Waals surface area contributed by atoms with Crippen LogP contribution in [0.25, 0.3) is 11.1 Å². The predicted octanol–water partition coefficient (Wildman–Crippen LogP) is 2.20. The first-order chi connectivity index (χ1) is 9.08. The number of hydrogen-bond donors (Lipinski definition) is 2. The van der Waals surface area contributed by atoms with Crippen LogP contribution in [0.1, 0.15) is 17.5 Å². The number of carbonyl (C=O) groups is 1. The Morgan fingerprint density at radius 3 is 2.68 bits per heavy atom. The van der Waals surface area contributed by atoms with Crippen molar-refractivity contribution < 1.29 is 18.7 Å². The second kappa shape index (κ2) is 5.67. The molecule has 1 atom stereocenters. The van der Waals surface area contributed by atoms with E-state index in [1.165, 1.54) is 18.4 Å². The van der Waals surface area contributed by atoms with Crippen molar-refractivity contribution in [2.75, 3.05) is 6.54 Å². The number of amides is 1. The molecule has 0 saturated heterocycles. The highest BCUT2D eigenvalue weighted by atomic mass is 19.1. The Balaban J connectivity index is 2.22. The molecule has 0 fully saturated rings. The molecule has 100 valence electrons. The molecule has 1 amide bonds. The Hall–Kier alpha value is -2.14. The first-order valence-electron chi connectivity index (χ1n) is 5.87. The maximum atomic E-state index is 12.9. The fourth-order valence-electron chi connectivity index (χ4n) is 1.66. The molecule has 0 saturated carbocycles. The van der Waals surface area contributed by atoms with Gasteiger partial charge in [0, 0.05) is 12.1 Å². The molecule has 4 nitrogen and oxygen atoms in total. The molecule has 19 heavy (non-hydrogen) atoms. The monoisotopic (exact) mass is 263 g/mol. The van der Waals surface area contributed by atoms with Crippen molar-refractivity contribution in [1.82, 2.24) is 5.32 Å². The summed E-state index contributed by atoms with van der Waals surface area (Å²) in [6.45, 7) is 1.71. The number of aliphatic hydroxyl groups excluding tert-OH is 1. The van der Waals surface area contributed by atoms with Crippen molar-refractivity contribution in [2.45, 2.75) is 13.0 Å². The standard InChI is InChI=1S/C14H14FNO3/c1-9(17)8-16-14(18)13-12(6-7-19-13)10-2-4-11(15)5-3-10/h2-7,9,17H,8H2,1H3,(H,16,18). The summed E-state index contributed by atoms with van der Waals surface area (Å²) >= 11 is 0. The Morgan fingerprint density at radius 1 is 1.37 bits per heavy atom. The zero-order valence-corrected chi connectivity index (χ0v) is 10.4. The van der Waals surface area contributed by atoms with E-state index in [9.17, 15) is 9.18 Å². The van der Waals surface area contributed by atoms with Crippen LogP contribution < -0.4 is 5.32 Å². The molecule has 0 aliphatic carbocycles. The summed E-state index contributed by atoms with van der Waals surface area (Å²) in [6.07, 6.45) is 0.767. The molecular weight excluding hydrogens is 249 g/mol. The summed E-state index contributed by atoms with van der Waals surface area (Å²) in [5.41, 5.74) is 1.28. The van der Waals surface area contributed by atoms with Crippen molar-refractivity contribution in [1.29, 1.82) is 0 Å². The lowest BCUT2D eigenvalue weighted by Crippen LogP contribution is -2.30. The van der Waals surface area contributed by atoms with Crippen LogP contribution in [-0.4, -0.2) is 23.7 Å². The minimum Gasteiger partial charge on any atom is -0.459 e. The van der Waals surface area contributed by atoms with Gasteiger partial charge in [-0.25, -0.2) is 4.39 Å². The summed E-state index contributed by atoms with van der Waals surface area (Å²) in [7, 11) is 0. The molecule has 0 radical (unpaired) electrons. The minimum atomic E-state index is -0.631. The second-order valence-corrected chi connectivity index (χ2v) is 4.23. The van der Waals surface area contributed by atoms with Gasteiger partial charge in [-0.1, -0.05) is 12.1 Å². The molecule has 0 bridgehead atoms. The number of rotatable bonds is 4. The van der Waals surface area contributed by atoms with Gasteiger partial charge in [0.15, 0.2) is 5.76 Å². The summed E-state index contributed by atoms with van der Waals surface area (Å²) < 4.78 is 18.0. The lowest BCUT2D eigenvalue weighted by Gasteiger charge is -2.07. The minimum absolute atomic E-state index is 0.141. The molecule has 1 aromatic heterocycles. The molecule has 1 aromatic carbocycles. The first kappa shape index (κ1) is 13.3. The molecule has 0 spiro atoms. The van der Waals surface area contributed by atoms with Crippen molar-refractivity contribution in [2.24, 2.45) is 0 Å². The van der Waals surface area contributed by atoms with Crippen molar-refractivity contribution in [3.05, 3.63) is 48.2 Å². The van der Waals surface area contributed by atoms with Crippen LogP contribution in [0.2, 0.25) is 0 Å². The van der Waals surface area contributed by atoms with Gasteiger partial charge in [-0.15, -0.1) is 0 Å². The lowest BCUT2D eigenvalue weighted by molar-refractivity contribution is 0.0897. The van der Waals surface area contributed by atoms with Crippen LogP contribution in [0.3, 0.4) is 0 Å². The van der Waals surface area contributed by atoms with E-state index in [1.54, 1.807) is 25.1 Å². The fourth-order valence-corrected chi connectivity index (χ4v) is 1.66. The Bertz CT molecular complexity index is 560. The van der Waals surface area contributed by atoms with Crippen LogP contribution in [0, 0.1) is 5.82 Å². The van der Waals surface area contributed by atoms with E-state index < -0.39 is 12.0 Å². The topological polar surface area (TPSA) is 62.5 Å². The first-order valence-corrected chi connectivity index (χ1v) is 5.87. The van der Waals surface area contributed by atoms with E-state index in [-0.39, 0.29) is 18.1 Å². The number of furan rings is 1. The third-order valence-corrected chi connectivity index (χ3v) is 2.58. The summed E-state index contributed by atoms with van der Waals surface area (Å²) in [5.74, 6) is -0.607. The molecule has 1 unspecified atom stereocenters. The highest BCUT2D eigenvalue weighted by Crippen LogP contribution is 2.25. The van der Waals surface area contributed by atoms with Gasteiger partial charge in [-0.3, -0.25) is 4.79 Å². The number of aliphatic hydroxyl groups is 1. The van der Waals surface area contributed by atoms with Crippen LogP contribution in [-0.2, 0) is 0 Å².